The fraction of sp³-hybridized carbons (Fsp3) is 0.364. The summed E-state index contributed by atoms with van der Waals surface area (Å²) in [5.74, 6) is 0. The van der Waals surface area contributed by atoms with Gasteiger partial charge >= 0.3 is 0 Å². The molecule has 0 aliphatic carbocycles. The highest BCUT2D eigenvalue weighted by Gasteiger charge is 2.31. The second kappa shape index (κ2) is 3.79. The van der Waals surface area contributed by atoms with Crippen molar-refractivity contribution in [3.63, 3.8) is 0 Å². The first-order chi connectivity index (χ1) is 6.81. The first-order valence-electron chi connectivity index (χ1n) is 4.65. The summed E-state index contributed by atoms with van der Waals surface area (Å²) in [7, 11) is 1.87. The van der Waals surface area contributed by atoms with Crippen LogP contribution in [0.4, 0.5) is 0 Å². The SMILES string of the molecule is CN1O[C@H](C#N)C[C@H]1c1ccccc1. The van der Waals surface area contributed by atoms with Gasteiger partial charge in [-0.3, -0.25) is 4.84 Å². The summed E-state index contributed by atoms with van der Waals surface area (Å²) in [6.07, 6.45) is 0.446. The quantitative estimate of drug-likeness (QED) is 0.675. The Kier molecular flexibility index (Phi) is 2.49. The summed E-state index contributed by atoms with van der Waals surface area (Å²) in [5, 5.41) is 10.5. The Morgan fingerprint density at radius 1 is 1.43 bits per heavy atom. The van der Waals surface area contributed by atoms with Crippen molar-refractivity contribution in [1.82, 2.24) is 5.06 Å². The van der Waals surface area contributed by atoms with Gasteiger partial charge in [-0.15, -0.1) is 0 Å². The van der Waals surface area contributed by atoms with E-state index in [1.54, 1.807) is 5.06 Å². The van der Waals surface area contributed by atoms with Crippen molar-refractivity contribution in [2.24, 2.45) is 0 Å². The molecule has 2 rings (SSSR count). The van der Waals surface area contributed by atoms with Gasteiger partial charge in [0.25, 0.3) is 0 Å². The fourth-order valence-electron chi connectivity index (χ4n) is 1.77. The lowest BCUT2D eigenvalue weighted by Crippen LogP contribution is -2.16. The first kappa shape index (κ1) is 9.20. The van der Waals surface area contributed by atoms with Gasteiger partial charge < -0.3 is 0 Å². The van der Waals surface area contributed by atoms with Crippen LogP contribution in [0.5, 0.6) is 0 Å². The molecule has 1 aromatic carbocycles. The van der Waals surface area contributed by atoms with Gasteiger partial charge in [0.2, 0.25) is 0 Å². The molecule has 3 nitrogen and oxygen atoms in total. The van der Waals surface area contributed by atoms with Gasteiger partial charge in [0.15, 0.2) is 6.10 Å². The predicted molar refractivity (Wildman–Crippen MR) is 52.0 cm³/mol. The normalized spacial score (nSPS) is 27.4. The molecular formula is C11H12N2O. The summed E-state index contributed by atoms with van der Waals surface area (Å²) in [6.45, 7) is 0. The standard InChI is InChI=1S/C11H12N2O/c1-13-11(7-10(8-12)14-13)9-5-3-2-4-6-9/h2-6,10-11H,7H2,1H3/t10-,11-/m0/s1. The number of hydroxylamine groups is 2. The Morgan fingerprint density at radius 2 is 2.14 bits per heavy atom. The van der Waals surface area contributed by atoms with E-state index in [1.165, 1.54) is 5.56 Å². The minimum Gasteiger partial charge on any atom is -0.280 e. The van der Waals surface area contributed by atoms with Crippen molar-refractivity contribution in [3.05, 3.63) is 35.9 Å². The molecule has 3 heteroatoms. The van der Waals surface area contributed by atoms with Crippen molar-refractivity contribution >= 4 is 0 Å². The van der Waals surface area contributed by atoms with Crippen LogP contribution in [-0.4, -0.2) is 18.2 Å². The van der Waals surface area contributed by atoms with Crippen LogP contribution < -0.4 is 0 Å². The lowest BCUT2D eigenvalue weighted by Gasteiger charge is -2.16. The largest absolute Gasteiger partial charge is 0.280 e. The van der Waals surface area contributed by atoms with Crippen LogP contribution in [0.3, 0.4) is 0 Å². The van der Waals surface area contributed by atoms with E-state index in [9.17, 15) is 0 Å². The molecule has 1 saturated heterocycles. The lowest BCUT2D eigenvalue weighted by molar-refractivity contribution is -0.129. The summed E-state index contributed by atoms with van der Waals surface area (Å²) >= 11 is 0. The van der Waals surface area contributed by atoms with E-state index in [1.807, 2.05) is 25.2 Å². The molecule has 14 heavy (non-hydrogen) atoms. The number of nitrogens with zero attached hydrogens (tertiary/aromatic N) is 2. The molecular weight excluding hydrogens is 176 g/mol. The molecule has 1 heterocycles. The van der Waals surface area contributed by atoms with E-state index >= 15 is 0 Å². The maximum absolute atomic E-state index is 8.75. The molecule has 0 saturated carbocycles. The lowest BCUT2D eigenvalue weighted by atomic mass is 10.0. The maximum Gasteiger partial charge on any atom is 0.167 e. The van der Waals surface area contributed by atoms with Crippen molar-refractivity contribution < 1.29 is 4.84 Å². The molecule has 0 aromatic heterocycles. The average molecular weight is 188 g/mol. The molecule has 0 amide bonds. The fourth-order valence-corrected chi connectivity index (χ4v) is 1.77. The molecule has 1 aromatic rings. The Balaban J connectivity index is 2.18. The van der Waals surface area contributed by atoms with Crippen LogP contribution in [0, 0.1) is 11.3 Å². The van der Waals surface area contributed by atoms with E-state index < -0.39 is 0 Å². The van der Waals surface area contributed by atoms with Gasteiger partial charge in [0, 0.05) is 13.5 Å². The third-order valence-electron chi connectivity index (χ3n) is 2.50. The van der Waals surface area contributed by atoms with E-state index in [0.717, 1.165) is 6.42 Å². The Morgan fingerprint density at radius 3 is 2.71 bits per heavy atom. The zero-order valence-electron chi connectivity index (χ0n) is 8.05. The highest BCUT2D eigenvalue weighted by molar-refractivity contribution is 5.20. The first-order valence-corrected chi connectivity index (χ1v) is 4.65. The van der Waals surface area contributed by atoms with Gasteiger partial charge in [-0.05, 0) is 5.56 Å². The molecule has 0 unspecified atom stereocenters. The number of hydrogen-bond acceptors (Lipinski definition) is 3. The van der Waals surface area contributed by atoms with E-state index in [0.29, 0.717) is 0 Å². The van der Waals surface area contributed by atoms with Gasteiger partial charge in [-0.25, -0.2) is 0 Å². The van der Waals surface area contributed by atoms with Gasteiger partial charge in [-0.2, -0.15) is 10.3 Å². The van der Waals surface area contributed by atoms with E-state index in [2.05, 4.69) is 18.2 Å². The van der Waals surface area contributed by atoms with Crippen LogP contribution in [0.2, 0.25) is 0 Å². The van der Waals surface area contributed by atoms with Crippen molar-refractivity contribution in [3.8, 4) is 6.07 Å². The summed E-state index contributed by atoms with van der Waals surface area (Å²) in [5.41, 5.74) is 1.20. The highest BCUT2D eigenvalue weighted by Crippen LogP contribution is 2.31. The summed E-state index contributed by atoms with van der Waals surface area (Å²) in [4.78, 5) is 5.35. The molecule has 1 aliphatic heterocycles. The number of nitriles is 1. The zero-order chi connectivity index (χ0) is 9.97. The van der Waals surface area contributed by atoms with Crippen LogP contribution in [-0.2, 0) is 4.84 Å². The molecule has 2 atom stereocenters. The summed E-state index contributed by atoms with van der Waals surface area (Å²) in [6, 6.07) is 12.5. The maximum atomic E-state index is 8.75. The van der Waals surface area contributed by atoms with Crippen LogP contribution in [0.15, 0.2) is 30.3 Å². The topological polar surface area (TPSA) is 36.3 Å². The van der Waals surface area contributed by atoms with Crippen LogP contribution >= 0.6 is 0 Å². The number of benzene rings is 1. The van der Waals surface area contributed by atoms with E-state index in [4.69, 9.17) is 10.1 Å². The molecule has 72 valence electrons. The third kappa shape index (κ3) is 1.63. The summed E-state index contributed by atoms with van der Waals surface area (Å²) < 4.78 is 0. The second-order valence-corrected chi connectivity index (χ2v) is 3.43. The number of hydrogen-bond donors (Lipinski definition) is 0. The van der Waals surface area contributed by atoms with Crippen LogP contribution in [0.1, 0.15) is 18.0 Å². The number of rotatable bonds is 1. The minimum absolute atomic E-state index is 0.209. The zero-order valence-corrected chi connectivity index (χ0v) is 8.05. The second-order valence-electron chi connectivity index (χ2n) is 3.43. The molecule has 0 spiro atoms. The molecule has 1 fully saturated rings. The van der Waals surface area contributed by atoms with Gasteiger partial charge in [-0.1, -0.05) is 30.3 Å². The Bertz CT molecular complexity index is 344. The van der Waals surface area contributed by atoms with Crippen LogP contribution in [0.25, 0.3) is 0 Å². The Hall–Kier alpha value is -1.37. The smallest absolute Gasteiger partial charge is 0.167 e. The van der Waals surface area contributed by atoms with Crippen molar-refractivity contribution in [2.75, 3.05) is 7.05 Å². The molecule has 0 bridgehead atoms. The van der Waals surface area contributed by atoms with Gasteiger partial charge in [0.1, 0.15) is 0 Å². The van der Waals surface area contributed by atoms with Crippen molar-refractivity contribution in [1.29, 1.82) is 5.26 Å². The molecule has 0 radical (unpaired) electrons. The monoisotopic (exact) mass is 188 g/mol. The van der Waals surface area contributed by atoms with E-state index in [-0.39, 0.29) is 12.1 Å². The highest BCUT2D eigenvalue weighted by atomic mass is 16.7. The average Bonchev–Trinajstić information content (AvgIpc) is 2.61. The Labute approximate surface area is 83.5 Å². The molecule has 0 N–H and O–H groups in total. The molecule has 1 aliphatic rings. The van der Waals surface area contributed by atoms with Gasteiger partial charge in [0.05, 0.1) is 12.1 Å². The third-order valence-corrected chi connectivity index (χ3v) is 2.50. The predicted octanol–water partition coefficient (Wildman–Crippen LogP) is 1.89. The van der Waals surface area contributed by atoms with Crippen molar-refractivity contribution in [2.45, 2.75) is 18.6 Å². The minimum atomic E-state index is -0.301.